The Balaban J connectivity index is 1.69. The molecule has 6 nitrogen and oxygen atoms in total. The summed E-state index contributed by atoms with van der Waals surface area (Å²) in [4.78, 5) is 13.9. The van der Waals surface area contributed by atoms with E-state index in [2.05, 4.69) is 45.4 Å². The number of carbonyl (C=O) groups excluding carboxylic acids is 1. The minimum absolute atomic E-state index is 0.0967. The number of anilines is 1. The Hall–Kier alpha value is -2.32. The Morgan fingerprint density at radius 3 is 2.80 bits per heavy atom. The van der Waals surface area contributed by atoms with E-state index < -0.39 is 0 Å². The molecule has 0 saturated carbocycles. The molecule has 0 atom stereocenters. The minimum atomic E-state index is -0.0967. The number of rotatable bonds is 11. The summed E-state index contributed by atoms with van der Waals surface area (Å²) in [6, 6.07) is 9.67. The average Bonchev–Trinajstić information content (AvgIpc) is 3.36. The number of ether oxygens (including phenoxy) is 1. The van der Waals surface area contributed by atoms with Gasteiger partial charge in [0.25, 0.3) is 0 Å². The number of thioether (sulfide) groups is 1. The van der Waals surface area contributed by atoms with Gasteiger partial charge in [-0.1, -0.05) is 44.2 Å². The van der Waals surface area contributed by atoms with Crippen LogP contribution in [0, 0.1) is 0 Å². The average molecular weight is 445 g/mol. The molecule has 0 unspecified atom stereocenters. The summed E-state index contributed by atoms with van der Waals surface area (Å²) >= 11 is 3.17. The van der Waals surface area contributed by atoms with Crippen molar-refractivity contribution in [3.8, 4) is 17.1 Å². The lowest BCUT2D eigenvalue weighted by atomic mass is 10.2. The molecule has 2 heterocycles. The molecule has 2 aromatic heterocycles. The van der Waals surface area contributed by atoms with Crippen LogP contribution in [0.4, 0.5) is 5.69 Å². The third-order valence-electron chi connectivity index (χ3n) is 4.37. The number of hydrogen-bond acceptors (Lipinski definition) is 6. The Kier molecular flexibility index (Phi) is 8.33. The summed E-state index contributed by atoms with van der Waals surface area (Å²) in [5, 5.41) is 14.6. The fourth-order valence-electron chi connectivity index (χ4n) is 3.08. The fourth-order valence-corrected chi connectivity index (χ4v) is 4.81. The van der Waals surface area contributed by atoms with Crippen LogP contribution >= 0.6 is 23.1 Å². The van der Waals surface area contributed by atoms with Gasteiger partial charge in [0, 0.05) is 22.4 Å². The maximum absolute atomic E-state index is 12.5. The van der Waals surface area contributed by atoms with E-state index in [-0.39, 0.29) is 11.7 Å². The standard InChI is InChI=1S/C22H28N4O2S2/c1-4-9-17-13-16(14-29-17)21-24-25-22(26(21)12-5-2)30-15-20(27)23-18-10-7-8-11-19(18)28-6-3/h7-8,10-11,13-14H,4-6,9,12,15H2,1-3H3,(H,23,27). The van der Waals surface area contributed by atoms with Crippen LogP contribution in [0.1, 0.15) is 38.5 Å². The minimum Gasteiger partial charge on any atom is -0.492 e. The Morgan fingerprint density at radius 2 is 2.03 bits per heavy atom. The molecule has 0 fully saturated rings. The van der Waals surface area contributed by atoms with Gasteiger partial charge in [0.15, 0.2) is 11.0 Å². The number of aromatic nitrogens is 3. The van der Waals surface area contributed by atoms with Gasteiger partial charge in [0.05, 0.1) is 18.0 Å². The molecule has 1 N–H and O–H groups in total. The van der Waals surface area contributed by atoms with Crippen LogP contribution in [0.3, 0.4) is 0 Å². The van der Waals surface area contributed by atoms with Gasteiger partial charge in [-0.2, -0.15) is 0 Å². The lowest BCUT2D eigenvalue weighted by molar-refractivity contribution is -0.113. The zero-order valence-corrected chi connectivity index (χ0v) is 19.3. The first-order valence-corrected chi connectivity index (χ1v) is 12.2. The van der Waals surface area contributed by atoms with Crippen LogP contribution in [-0.2, 0) is 17.8 Å². The number of nitrogens with one attached hydrogen (secondary N) is 1. The SMILES string of the molecule is CCCc1cc(-c2nnc(SCC(=O)Nc3ccccc3OCC)n2CCC)cs1. The van der Waals surface area contributed by atoms with Crippen molar-refractivity contribution in [3.63, 3.8) is 0 Å². The molecule has 0 radical (unpaired) electrons. The summed E-state index contributed by atoms with van der Waals surface area (Å²) in [6.07, 6.45) is 3.18. The fraction of sp³-hybridized carbons (Fsp3) is 0.409. The summed E-state index contributed by atoms with van der Waals surface area (Å²) < 4.78 is 7.69. The van der Waals surface area contributed by atoms with E-state index in [4.69, 9.17) is 4.74 Å². The largest absolute Gasteiger partial charge is 0.492 e. The van der Waals surface area contributed by atoms with Gasteiger partial charge >= 0.3 is 0 Å². The molecule has 0 saturated heterocycles. The maximum Gasteiger partial charge on any atom is 0.234 e. The van der Waals surface area contributed by atoms with Crippen molar-refractivity contribution < 1.29 is 9.53 Å². The number of benzene rings is 1. The molecule has 30 heavy (non-hydrogen) atoms. The van der Waals surface area contributed by atoms with Gasteiger partial charge in [-0.3, -0.25) is 4.79 Å². The smallest absolute Gasteiger partial charge is 0.234 e. The molecule has 0 aliphatic heterocycles. The van der Waals surface area contributed by atoms with E-state index in [0.717, 1.165) is 42.4 Å². The molecule has 0 bridgehead atoms. The van der Waals surface area contributed by atoms with E-state index in [1.165, 1.54) is 16.6 Å². The van der Waals surface area contributed by atoms with Crippen molar-refractivity contribution >= 4 is 34.7 Å². The summed E-state index contributed by atoms with van der Waals surface area (Å²) in [6.45, 7) is 7.61. The second kappa shape index (κ2) is 11.2. The van der Waals surface area contributed by atoms with Gasteiger partial charge in [0.2, 0.25) is 5.91 Å². The van der Waals surface area contributed by atoms with Crippen molar-refractivity contribution in [1.29, 1.82) is 0 Å². The number of aryl methyl sites for hydroxylation is 1. The summed E-state index contributed by atoms with van der Waals surface area (Å²) in [5.41, 5.74) is 1.79. The molecule has 3 aromatic rings. The Labute approximate surface area is 186 Å². The molecule has 160 valence electrons. The van der Waals surface area contributed by atoms with Crippen LogP contribution in [0.5, 0.6) is 5.75 Å². The van der Waals surface area contributed by atoms with Crippen LogP contribution in [0.2, 0.25) is 0 Å². The highest BCUT2D eigenvalue weighted by Gasteiger charge is 2.17. The second-order valence-corrected chi connectivity index (χ2v) is 8.71. The first-order chi connectivity index (χ1) is 14.7. The summed E-state index contributed by atoms with van der Waals surface area (Å²) in [5.74, 6) is 1.71. The molecule has 3 rings (SSSR count). The monoisotopic (exact) mass is 444 g/mol. The van der Waals surface area contributed by atoms with Crippen molar-refractivity contribution in [2.24, 2.45) is 0 Å². The first-order valence-electron chi connectivity index (χ1n) is 10.3. The number of carbonyl (C=O) groups is 1. The maximum atomic E-state index is 12.5. The van der Waals surface area contributed by atoms with Crippen molar-refractivity contribution in [1.82, 2.24) is 14.8 Å². The Morgan fingerprint density at radius 1 is 1.20 bits per heavy atom. The molecule has 0 aliphatic rings. The third kappa shape index (κ3) is 5.64. The summed E-state index contributed by atoms with van der Waals surface area (Å²) in [7, 11) is 0. The normalized spacial score (nSPS) is 10.9. The zero-order valence-electron chi connectivity index (χ0n) is 17.7. The van der Waals surface area contributed by atoms with Gasteiger partial charge in [-0.05, 0) is 38.0 Å². The molecular formula is C22H28N4O2S2. The van der Waals surface area contributed by atoms with Crippen LogP contribution in [0.25, 0.3) is 11.4 Å². The second-order valence-electron chi connectivity index (χ2n) is 6.78. The van der Waals surface area contributed by atoms with Gasteiger partial charge < -0.3 is 14.6 Å². The lowest BCUT2D eigenvalue weighted by Crippen LogP contribution is -2.15. The highest BCUT2D eigenvalue weighted by molar-refractivity contribution is 7.99. The van der Waals surface area contributed by atoms with Crippen LogP contribution in [-0.4, -0.2) is 33.0 Å². The van der Waals surface area contributed by atoms with E-state index >= 15 is 0 Å². The lowest BCUT2D eigenvalue weighted by Gasteiger charge is -2.11. The molecule has 8 heteroatoms. The molecule has 0 aliphatic carbocycles. The van der Waals surface area contributed by atoms with E-state index in [0.29, 0.717) is 18.0 Å². The number of thiophene rings is 1. The number of hydrogen-bond donors (Lipinski definition) is 1. The molecule has 1 aromatic carbocycles. The molecular weight excluding hydrogens is 416 g/mol. The molecule has 1 amide bonds. The van der Waals surface area contributed by atoms with Gasteiger partial charge in [-0.15, -0.1) is 21.5 Å². The predicted molar refractivity (Wildman–Crippen MR) is 125 cm³/mol. The van der Waals surface area contributed by atoms with E-state index in [1.807, 2.05) is 31.2 Å². The number of para-hydroxylation sites is 2. The van der Waals surface area contributed by atoms with Crippen LogP contribution < -0.4 is 10.1 Å². The Bertz CT molecular complexity index is 968. The predicted octanol–water partition coefficient (Wildman–Crippen LogP) is 5.50. The highest BCUT2D eigenvalue weighted by atomic mass is 32.2. The third-order valence-corrected chi connectivity index (χ3v) is 6.33. The highest BCUT2D eigenvalue weighted by Crippen LogP contribution is 2.29. The quantitative estimate of drug-likeness (QED) is 0.396. The van der Waals surface area contributed by atoms with Gasteiger partial charge in [-0.25, -0.2) is 0 Å². The molecule has 0 spiro atoms. The van der Waals surface area contributed by atoms with Crippen LogP contribution in [0.15, 0.2) is 40.9 Å². The number of amides is 1. The van der Waals surface area contributed by atoms with Crippen molar-refractivity contribution in [2.45, 2.75) is 51.7 Å². The first kappa shape index (κ1) is 22.4. The van der Waals surface area contributed by atoms with E-state index in [1.54, 1.807) is 11.3 Å². The number of nitrogens with zero attached hydrogens (tertiary/aromatic N) is 3. The van der Waals surface area contributed by atoms with Crippen molar-refractivity contribution in [3.05, 3.63) is 40.6 Å². The van der Waals surface area contributed by atoms with E-state index in [9.17, 15) is 4.79 Å². The van der Waals surface area contributed by atoms with Gasteiger partial charge in [0.1, 0.15) is 5.75 Å². The zero-order chi connectivity index (χ0) is 21.3. The topological polar surface area (TPSA) is 69.0 Å². The van der Waals surface area contributed by atoms with Crippen molar-refractivity contribution in [2.75, 3.05) is 17.7 Å².